The minimum atomic E-state index is -0.0946. The first-order valence-electron chi connectivity index (χ1n) is 25.6. The van der Waals surface area contributed by atoms with Crippen LogP contribution in [0.4, 0.5) is 0 Å². The van der Waals surface area contributed by atoms with Gasteiger partial charge in [0.15, 0.2) is 0 Å². The molecule has 338 valence electrons. The molecule has 0 saturated heterocycles. The number of para-hydroxylation sites is 10. The van der Waals surface area contributed by atoms with E-state index in [9.17, 15) is 0 Å². The minimum Gasteiger partial charge on any atom is -0.458 e. The fraction of sp³-hybridized carbons (Fsp3) is 0.143. The third-order valence-corrected chi connectivity index (χ3v) is 16.7. The Morgan fingerprint density at radius 1 is 0.338 bits per heavy atom. The molecule has 0 radical (unpaired) electrons. The van der Waals surface area contributed by atoms with E-state index in [0.717, 1.165) is 28.2 Å². The van der Waals surface area contributed by atoms with Gasteiger partial charge in [-0.1, -0.05) is 150 Å². The Bertz CT molecular complexity index is 4530. The van der Waals surface area contributed by atoms with Crippen LogP contribution in [0.15, 0.2) is 170 Å². The van der Waals surface area contributed by atoms with E-state index in [2.05, 4.69) is 234 Å². The number of nitrogens with zero attached hydrogens (tertiary/aromatic N) is 5. The first-order chi connectivity index (χ1) is 34.8. The van der Waals surface area contributed by atoms with E-state index in [1.165, 1.54) is 116 Å². The van der Waals surface area contributed by atoms with E-state index in [1.54, 1.807) is 0 Å². The molecule has 9 aromatic carbocycles. The fourth-order valence-electron chi connectivity index (χ4n) is 13.8. The summed E-state index contributed by atoms with van der Waals surface area (Å²) < 4.78 is 20.3. The summed E-state index contributed by atoms with van der Waals surface area (Å²) in [4.78, 5) is 0. The van der Waals surface area contributed by atoms with Crippen molar-refractivity contribution in [2.75, 3.05) is 0 Å². The summed E-state index contributed by atoms with van der Waals surface area (Å²) in [6.07, 6.45) is 0. The second-order valence-electron chi connectivity index (χ2n) is 21.4. The maximum absolute atomic E-state index is 7.30. The average Bonchev–Trinajstić information content (AvgIpc) is 3.41. The number of benzene rings is 9. The lowest BCUT2D eigenvalue weighted by Crippen LogP contribution is -2.63. The zero-order chi connectivity index (χ0) is 47.3. The molecule has 4 aromatic heterocycles. The molecular weight excluding hydrogens is 864 g/mol. The zero-order valence-electron chi connectivity index (χ0n) is 40.7. The van der Waals surface area contributed by atoms with Crippen molar-refractivity contribution >= 4 is 118 Å². The maximum Gasteiger partial charge on any atom is 0.252 e. The second-order valence-corrected chi connectivity index (χ2v) is 21.4. The zero-order valence-corrected chi connectivity index (χ0v) is 40.7. The highest BCUT2D eigenvalue weighted by atomic mass is 16.5. The lowest BCUT2D eigenvalue weighted by atomic mass is 9.31. The largest absolute Gasteiger partial charge is 0.458 e. The third kappa shape index (κ3) is 4.86. The summed E-state index contributed by atoms with van der Waals surface area (Å²) in [5, 5.41) is 0. The number of hydrogen-bond acceptors (Lipinski definition) is 1. The predicted molar refractivity (Wildman–Crippen MR) is 299 cm³/mol. The lowest BCUT2D eigenvalue weighted by molar-refractivity contribution is 0.487. The Kier molecular flexibility index (Phi) is 7.73. The van der Waals surface area contributed by atoms with Crippen LogP contribution in [-0.4, -0.2) is 35.8 Å². The van der Waals surface area contributed by atoms with E-state index < -0.39 is 0 Å². The Morgan fingerprint density at radius 2 is 0.761 bits per heavy atom. The van der Waals surface area contributed by atoms with Crippen LogP contribution < -0.4 is 37.5 Å². The van der Waals surface area contributed by atoms with E-state index in [-0.39, 0.29) is 13.4 Å². The smallest absolute Gasteiger partial charge is 0.252 e. The van der Waals surface area contributed by atoms with Crippen molar-refractivity contribution < 1.29 is 4.74 Å². The van der Waals surface area contributed by atoms with E-state index >= 15 is 0 Å². The lowest BCUT2D eigenvalue weighted by Gasteiger charge is -2.40. The van der Waals surface area contributed by atoms with E-state index in [0.29, 0.717) is 17.8 Å². The highest BCUT2D eigenvalue weighted by molar-refractivity contribution is 7.02. The van der Waals surface area contributed by atoms with Gasteiger partial charge in [-0.2, -0.15) is 0 Å². The first-order valence-corrected chi connectivity index (χ1v) is 25.6. The van der Waals surface area contributed by atoms with Crippen LogP contribution in [0, 0.1) is 0 Å². The van der Waals surface area contributed by atoms with Gasteiger partial charge in [0.2, 0.25) is 0 Å². The number of fused-ring (bicyclic) bond motifs is 20. The SMILES string of the molecule is CC(C)c1cc(C(C)C)c(B2c3ccccc3Oc3cc4c(cc32)B2c3ccccc3-n3c5ccccc5n5c6ccccc6n6c7ccccc7n7c8ccccc8n-4c4c2c3c5c6c47)c(C(C)C)c1. The fourth-order valence-corrected chi connectivity index (χ4v) is 13.8. The van der Waals surface area contributed by atoms with E-state index in [1.807, 2.05) is 0 Å². The Balaban J connectivity index is 1.16. The molecule has 6 nitrogen and oxygen atoms in total. The van der Waals surface area contributed by atoms with Gasteiger partial charge in [0, 0.05) is 17.4 Å². The number of hydrogen-bond donors (Lipinski definition) is 0. The quantitative estimate of drug-likeness (QED) is 0.0984. The van der Waals surface area contributed by atoms with Gasteiger partial charge in [0.05, 0.1) is 71.7 Å². The van der Waals surface area contributed by atoms with Crippen LogP contribution in [0.3, 0.4) is 0 Å². The summed E-state index contributed by atoms with van der Waals surface area (Å²) in [5.74, 6) is 2.92. The molecule has 13 aromatic rings. The molecule has 0 unspecified atom stereocenters. The van der Waals surface area contributed by atoms with Crippen molar-refractivity contribution in [3.05, 3.63) is 187 Å². The van der Waals surface area contributed by atoms with Crippen molar-refractivity contribution in [3.63, 3.8) is 0 Å². The van der Waals surface area contributed by atoms with Crippen LogP contribution in [0.2, 0.25) is 0 Å². The molecular formula is C63H49B2N5O. The molecule has 0 spiro atoms. The molecule has 0 aliphatic carbocycles. The summed E-state index contributed by atoms with van der Waals surface area (Å²) in [5.41, 5.74) is 30.0. The van der Waals surface area contributed by atoms with Crippen molar-refractivity contribution in [2.45, 2.75) is 59.3 Å². The first kappa shape index (κ1) is 39.7. The summed E-state index contributed by atoms with van der Waals surface area (Å²) in [6, 6.07) is 64.3. The molecule has 8 heteroatoms. The minimum absolute atomic E-state index is 0.0379. The number of rotatable bonds is 4. The van der Waals surface area contributed by atoms with Gasteiger partial charge in [0.25, 0.3) is 13.4 Å². The number of ether oxygens (including phenoxy) is 1. The molecule has 0 N–H and O–H groups in total. The van der Waals surface area contributed by atoms with Gasteiger partial charge < -0.3 is 27.1 Å². The predicted octanol–water partition coefficient (Wildman–Crippen LogP) is 11.5. The van der Waals surface area contributed by atoms with Gasteiger partial charge in [-0.25, -0.2) is 0 Å². The average molecular weight is 914 g/mol. The van der Waals surface area contributed by atoms with Crippen molar-refractivity contribution in [2.24, 2.45) is 0 Å². The Morgan fingerprint density at radius 3 is 1.28 bits per heavy atom. The third-order valence-electron chi connectivity index (χ3n) is 16.7. The molecule has 0 fully saturated rings. The monoisotopic (exact) mass is 913 g/mol. The molecule has 71 heavy (non-hydrogen) atoms. The van der Waals surface area contributed by atoms with Gasteiger partial charge in [-0.05, 0) is 122 Å². The van der Waals surface area contributed by atoms with Crippen molar-refractivity contribution in [3.8, 4) is 22.9 Å². The number of aromatic nitrogens is 5. The molecule has 0 bridgehead atoms. The normalized spacial score (nSPS) is 13.6. The molecule has 0 atom stereocenters. The summed E-state index contributed by atoms with van der Waals surface area (Å²) in [7, 11) is 0. The van der Waals surface area contributed by atoms with Crippen molar-refractivity contribution in [1.29, 1.82) is 0 Å². The molecule has 3 aliphatic rings. The maximum atomic E-state index is 7.30. The molecule has 7 heterocycles. The molecule has 0 amide bonds. The molecule has 0 saturated carbocycles. The Labute approximate surface area is 411 Å². The summed E-state index contributed by atoms with van der Waals surface area (Å²) >= 11 is 0. The highest BCUT2D eigenvalue weighted by Crippen LogP contribution is 2.44. The molecule has 16 rings (SSSR count). The van der Waals surface area contributed by atoms with Gasteiger partial charge in [-0.3, -0.25) is 0 Å². The van der Waals surface area contributed by atoms with Crippen LogP contribution in [0.25, 0.3) is 83.1 Å². The highest BCUT2D eigenvalue weighted by Gasteiger charge is 2.45. The van der Waals surface area contributed by atoms with Crippen LogP contribution in [-0.2, 0) is 0 Å². The van der Waals surface area contributed by atoms with Crippen LogP contribution >= 0.6 is 0 Å². The van der Waals surface area contributed by atoms with Gasteiger partial charge in [0.1, 0.15) is 11.5 Å². The van der Waals surface area contributed by atoms with Crippen molar-refractivity contribution in [1.82, 2.24) is 22.3 Å². The summed E-state index contributed by atoms with van der Waals surface area (Å²) in [6.45, 7) is 14.0. The van der Waals surface area contributed by atoms with Crippen LogP contribution in [0.1, 0.15) is 76.0 Å². The Hall–Kier alpha value is -8.09. The standard InChI is InChI=1S/C63H49B2N5O/c1-35(2)38-31-39(36(3)4)57(40(32-38)37(5)6)65-42-20-8-18-30-55(42)71-56-34-54-43(33-44(56)65)64-41-19-7-9-21-45(41)66-46-22-10-11-23-47(46)67-48-24-12-14-26-50(48)69-51-27-15-13-25-49(51)68-52-28-16-17-29-53(52)70(54)60-58(64)59(66)61(67)63(69)62(60)68/h7-37H,1-6H3. The van der Waals surface area contributed by atoms with Gasteiger partial charge in [-0.15, -0.1) is 0 Å². The topological polar surface area (TPSA) is 32.3 Å². The van der Waals surface area contributed by atoms with E-state index in [4.69, 9.17) is 4.74 Å². The van der Waals surface area contributed by atoms with Crippen LogP contribution in [0.5, 0.6) is 11.5 Å². The second kappa shape index (κ2) is 13.8. The van der Waals surface area contributed by atoms with Gasteiger partial charge >= 0.3 is 0 Å². The molecule has 3 aliphatic heterocycles.